The molecule has 1 aliphatic rings. The molecule has 1 heteroatoms. The Hall–Kier alpha value is -0.300. The van der Waals surface area contributed by atoms with Gasteiger partial charge in [-0.2, -0.15) is 0 Å². The second-order valence-corrected chi connectivity index (χ2v) is 5.69. The summed E-state index contributed by atoms with van der Waals surface area (Å²) in [5, 5.41) is 0. The minimum Gasteiger partial charge on any atom is -0.303 e. The normalized spacial score (nSPS) is 27.4. The first-order valence-electron chi connectivity index (χ1n) is 7.55. The summed E-state index contributed by atoms with van der Waals surface area (Å²) >= 11 is 0. The maximum Gasteiger partial charge on any atom is 0.00406 e. The minimum atomic E-state index is 0.648. The van der Waals surface area contributed by atoms with Gasteiger partial charge in [0.1, 0.15) is 0 Å². The van der Waals surface area contributed by atoms with Crippen molar-refractivity contribution in [2.45, 2.75) is 59.3 Å². The number of unbranched alkanes of at least 4 members (excludes halogenated alkanes) is 1. The number of allylic oxidation sites excluding steroid dienone is 1. The van der Waals surface area contributed by atoms with Gasteiger partial charge in [-0.1, -0.05) is 39.7 Å². The summed E-state index contributed by atoms with van der Waals surface area (Å²) in [6.07, 6.45) is 10.3. The van der Waals surface area contributed by atoms with Crippen LogP contribution in [0.2, 0.25) is 0 Å². The van der Waals surface area contributed by atoms with Crippen molar-refractivity contribution in [3.05, 3.63) is 12.7 Å². The smallest absolute Gasteiger partial charge is 0.00406 e. The molecule has 0 aromatic rings. The van der Waals surface area contributed by atoms with E-state index in [-0.39, 0.29) is 0 Å². The molecule has 0 spiro atoms. The van der Waals surface area contributed by atoms with E-state index in [1.807, 2.05) is 0 Å². The van der Waals surface area contributed by atoms with E-state index in [0.29, 0.717) is 5.41 Å². The largest absolute Gasteiger partial charge is 0.303 e. The van der Waals surface area contributed by atoms with Crippen molar-refractivity contribution in [3.63, 3.8) is 0 Å². The molecule has 1 rings (SSSR count). The average molecular weight is 237 g/mol. The fraction of sp³-hybridized carbons (Fsp3) is 0.875. The Morgan fingerprint density at radius 1 is 1.29 bits per heavy atom. The predicted molar refractivity (Wildman–Crippen MR) is 77.3 cm³/mol. The Balaban J connectivity index is 2.47. The molecule has 1 saturated carbocycles. The van der Waals surface area contributed by atoms with Gasteiger partial charge in [0.15, 0.2) is 0 Å². The van der Waals surface area contributed by atoms with Crippen LogP contribution in [0.1, 0.15) is 59.3 Å². The Labute approximate surface area is 108 Å². The average Bonchev–Trinajstić information content (AvgIpc) is 3.04. The van der Waals surface area contributed by atoms with Gasteiger partial charge in [0.25, 0.3) is 0 Å². The molecule has 1 fully saturated rings. The third kappa shape index (κ3) is 4.13. The molecule has 0 aromatic carbocycles. The molecular weight excluding hydrogens is 206 g/mol. The lowest BCUT2D eigenvalue weighted by Gasteiger charge is -2.26. The summed E-state index contributed by atoms with van der Waals surface area (Å²) in [5.74, 6) is 1.00. The lowest BCUT2D eigenvalue weighted by Crippen LogP contribution is -2.31. The number of nitrogens with zero attached hydrogens (tertiary/aromatic N) is 1. The van der Waals surface area contributed by atoms with Crippen molar-refractivity contribution in [2.75, 3.05) is 19.6 Å². The summed E-state index contributed by atoms with van der Waals surface area (Å²) in [5.41, 5.74) is 0.648. The lowest BCUT2D eigenvalue weighted by atomic mass is 9.94. The summed E-state index contributed by atoms with van der Waals surface area (Å²) in [7, 11) is 0. The van der Waals surface area contributed by atoms with Crippen molar-refractivity contribution >= 4 is 0 Å². The first-order chi connectivity index (χ1) is 8.22. The maximum absolute atomic E-state index is 3.88. The van der Waals surface area contributed by atoms with Gasteiger partial charge in [0.05, 0.1) is 0 Å². The van der Waals surface area contributed by atoms with Gasteiger partial charge in [-0.3, -0.25) is 0 Å². The van der Waals surface area contributed by atoms with E-state index in [1.54, 1.807) is 0 Å². The Morgan fingerprint density at radius 2 is 2.00 bits per heavy atom. The van der Waals surface area contributed by atoms with Crippen LogP contribution in [0.5, 0.6) is 0 Å². The molecule has 0 saturated heterocycles. The number of hydrogen-bond donors (Lipinski definition) is 0. The van der Waals surface area contributed by atoms with E-state index >= 15 is 0 Å². The first kappa shape index (κ1) is 14.8. The van der Waals surface area contributed by atoms with E-state index in [0.717, 1.165) is 5.92 Å². The Morgan fingerprint density at radius 3 is 2.53 bits per heavy atom. The monoisotopic (exact) mass is 237 g/mol. The van der Waals surface area contributed by atoms with Crippen LogP contribution in [0.15, 0.2) is 12.7 Å². The zero-order valence-corrected chi connectivity index (χ0v) is 12.2. The highest BCUT2D eigenvalue weighted by atomic mass is 15.1. The second-order valence-electron chi connectivity index (χ2n) is 5.69. The van der Waals surface area contributed by atoms with Crippen molar-refractivity contribution in [1.29, 1.82) is 0 Å². The van der Waals surface area contributed by atoms with Crippen LogP contribution in [0.3, 0.4) is 0 Å². The van der Waals surface area contributed by atoms with Crippen LogP contribution in [0.4, 0.5) is 0 Å². The molecule has 0 aliphatic heterocycles. The quantitative estimate of drug-likeness (QED) is 0.506. The summed E-state index contributed by atoms with van der Waals surface area (Å²) < 4.78 is 0. The number of rotatable bonds is 10. The van der Waals surface area contributed by atoms with Gasteiger partial charge >= 0.3 is 0 Å². The van der Waals surface area contributed by atoms with Crippen LogP contribution in [-0.2, 0) is 0 Å². The Kier molecular flexibility index (Phi) is 6.26. The maximum atomic E-state index is 3.88. The molecule has 0 amide bonds. The highest BCUT2D eigenvalue weighted by molar-refractivity contribution is 5.04. The Bertz CT molecular complexity index is 220. The summed E-state index contributed by atoms with van der Waals surface area (Å²) in [4.78, 5) is 2.61. The van der Waals surface area contributed by atoms with Gasteiger partial charge in [-0.25, -0.2) is 0 Å². The van der Waals surface area contributed by atoms with Gasteiger partial charge in [0, 0.05) is 6.54 Å². The van der Waals surface area contributed by atoms with Gasteiger partial charge < -0.3 is 4.90 Å². The molecule has 1 aliphatic carbocycles. The van der Waals surface area contributed by atoms with Crippen LogP contribution in [0, 0.1) is 11.3 Å². The second kappa shape index (κ2) is 7.20. The SMILES string of the molecule is C=CCC[C@]1(CN(CC)CC)C[C@@H]1CCCC. The van der Waals surface area contributed by atoms with Crippen LogP contribution in [-0.4, -0.2) is 24.5 Å². The van der Waals surface area contributed by atoms with Crippen molar-refractivity contribution in [1.82, 2.24) is 4.90 Å². The van der Waals surface area contributed by atoms with Crippen LogP contribution >= 0.6 is 0 Å². The molecule has 2 atom stereocenters. The molecule has 0 aromatic heterocycles. The van der Waals surface area contributed by atoms with E-state index < -0.39 is 0 Å². The molecule has 1 nitrogen and oxygen atoms in total. The number of hydrogen-bond acceptors (Lipinski definition) is 1. The minimum absolute atomic E-state index is 0.648. The molecular formula is C16H31N. The van der Waals surface area contributed by atoms with E-state index in [1.165, 1.54) is 58.2 Å². The van der Waals surface area contributed by atoms with Gasteiger partial charge in [-0.15, -0.1) is 6.58 Å². The molecule has 0 N–H and O–H groups in total. The highest BCUT2D eigenvalue weighted by Crippen LogP contribution is 2.58. The predicted octanol–water partition coefficient (Wildman–Crippen LogP) is 4.49. The van der Waals surface area contributed by atoms with Crippen molar-refractivity contribution < 1.29 is 0 Å². The lowest BCUT2D eigenvalue weighted by molar-refractivity contribution is 0.217. The topological polar surface area (TPSA) is 3.24 Å². The van der Waals surface area contributed by atoms with Gasteiger partial charge in [0.2, 0.25) is 0 Å². The molecule has 0 unspecified atom stereocenters. The van der Waals surface area contributed by atoms with E-state index in [9.17, 15) is 0 Å². The standard InChI is InChI=1S/C16H31N/c1-5-9-11-15-13-16(15,12-10-6-2)14-17(7-3)8-4/h6,15H,2,5,7-14H2,1,3-4H3/t15-,16+/m0/s1. The van der Waals surface area contributed by atoms with E-state index in [4.69, 9.17) is 0 Å². The molecule has 0 radical (unpaired) electrons. The highest BCUT2D eigenvalue weighted by Gasteiger charge is 2.52. The fourth-order valence-electron chi connectivity index (χ4n) is 3.15. The third-order valence-corrected chi connectivity index (χ3v) is 4.54. The first-order valence-corrected chi connectivity index (χ1v) is 7.55. The zero-order valence-electron chi connectivity index (χ0n) is 12.2. The molecule has 17 heavy (non-hydrogen) atoms. The van der Waals surface area contributed by atoms with Crippen molar-refractivity contribution in [2.24, 2.45) is 11.3 Å². The van der Waals surface area contributed by atoms with E-state index in [2.05, 4.69) is 38.3 Å². The molecule has 0 bridgehead atoms. The van der Waals surface area contributed by atoms with Crippen LogP contribution in [0.25, 0.3) is 0 Å². The zero-order chi connectivity index (χ0) is 12.7. The van der Waals surface area contributed by atoms with Crippen LogP contribution < -0.4 is 0 Å². The van der Waals surface area contributed by atoms with Crippen molar-refractivity contribution in [3.8, 4) is 0 Å². The molecule has 0 heterocycles. The summed E-state index contributed by atoms with van der Waals surface area (Å²) in [6.45, 7) is 14.5. The molecule has 100 valence electrons. The summed E-state index contributed by atoms with van der Waals surface area (Å²) in [6, 6.07) is 0. The van der Waals surface area contributed by atoms with Gasteiger partial charge in [-0.05, 0) is 50.1 Å². The fourth-order valence-corrected chi connectivity index (χ4v) is 3.15. The third-order valence-electron chi connectivity index (χ3n) is 4.54.